The van der Waals surface area contributed by atoms with E-state index >= 15 is 0 Å². The normalized spacial score (nSPS) is 11.2. The zero-order chi connectivity index (χ0) is 22.1. The molecule has 0 saturated carbocycles. The lowest BCUT2D eigenvalue weighted by Crippen LogP contribution is -2.14. The zero-order valence-electron chi connectivity index (χ0n) is 15.9. The molecular formula is C21H16ClF2NO4S. The third-order valence-corrected chi connectivity index (χ3v) is 5.92. The summed E-state index contributed by atoms with van der Waals surface area (Å²) in [6, 6.07) is 11.1. The summed E-state index contributed by atoms with van der Waals surface area (Å²) in [4.78, 5) is 11.9. The first-order valence-electron chi connectivity index (χ1n) is 8.63. The molecule has 0 aliphatic heterocycles. The van der Waals surface area contributed by atoms with Gasteiger partial charge in [0.05, 0.1) is 10.6 Å². The first kappa shape index (κ1) is 21.7. The lowest BCUT2D eigenvalue weighted by Gasteiger charge is -2.14. The molecule has 5 nitrogen and oxygen atoms in total. The molecule has 0 spiro atoms. The summed E-state index contributed by atoms with van der Waals surface area (Å²) in [7, 11) is -4.02. The van der Waals surface area contributed by atoms with E-state index in [0.29, 0.717) is 6.07 Å². The molecule has 0 heterocycles. The van der Waals surface area contributed by atoms with Crippen molar-refractivity contribution in [2.45, 2.75) is 18.7 Å². The van der Waals surface area contributed by atoms with E-state index < -0.39 is 27.4 Å². The van der Waals surface area contributed by atoms with Gasteiger partial charge in [-0.3, -0.25) is 9.52 Å². The summed E-state index contributed by atoms with van der Waals surface area (Å²) in [6.45, 7) is 3.03. The molecular weight excluding hydrogens is 436 g/mol. The fraction of sp³-hybridized carbons (Fsp3) is 0.0952. The third kappa shape index (κ3) is 4.95. The van der Waals surface area contributed by atoms with Crippen molar-refractivity contribution in [3.8, 4) is 11.5 Å². The number of carbonyl (C=O) groups excluding carboxylic acids is 1. The van der Waals surface area contributed by atoms with Crippen LogP contribution in [0.3, 0.4) is 0 Å². The van der Waals surface area contributed by atoms with Crippen LogP contribution in [-0.2, 0) is 10.0 Å². The lowest BCUT2D eigenvalue weighted by atomic mass is 10.1. The van der Waals surface area contributed by atoms with Crippen molar-refractivity contribution in [1.29, 1.82) is 0 Å². The van der Waals surface area contributed by atoms with Crippen LogP contribution < -0.4 is 9.46 Å². The van der Waals surface area contributed by atoms with Crippen molar-refractivity contribution in [2.24, 2.45) is 0 Å². The molecule has 3 rings (SSSR count). The van der Waals surface area contributed by atoms with Crippen LogP contribution in [0.2, 0.25) is 5.02 Å². The number of benzene rings is 3. The van der Waals surface area contributed by atoms with Crippen LogP contribution in [-0.4, -0.2) is 14.2 Å². The van der Waals surface area contributed by atoms with Crippen molar-refractivity contribution in [3.63, 3.8) is 0 Å². The van der Waals surface area contributed by atoms with Crippen molar-refractivity contribution in [3.05, 3.63) is 82.4 Å². The van der Waals surface area contributed by atoms with Gasteiger partial charge in [-0.05, 0) is 49.7 Å². The van der Waals surface area contributed by atoms with Gasteiger partial charge in [0.15, 0.2) is 5.78 Å². The van der Waals surface area contributed by atoms with Gasteiger partial charge in [0.25, 0.3) is 10.0 Å². The second-order valence-electron chi connectivity index (χ2n) is 6.51. The molecule has 0 saturated heterocycles. The van der Waals surface area contributed by atoms with E-state index in [4.69, 9.17) is 16.3 Å². The van der Waals surface area contributed by atoms with Crippen LogP contribution in [0.5, 0.6) is 11.5 Å². The minimum absolute atomic E-state index is 0.0174. The Hall–Kier alpha value is -2.97. The van der Waals surface area contributed by atoms with Crippen molar-refractivity contribution in [2.75, 3.05) is 4.72 Å². The number of hydrogen-bond donors (Lipinski definition) is 1. The number of halogens is 3. The Bertz CT molecular complexity index is 1230. The largest absolute Gasteiger partial charge is 0.456 e. The zero-order valence-corrected chi connectivity index (χ0v) is 17.4. The van der Waals surface area contributed by atoms with E-state index in [2.05, 4.69) is 4.72 Å². The summed E-state index contributed by atoms with van der Waals surface area (Å²) >= 11 is 6.05. The van der Waals surface area contributed by atoms with Gasteiger partial charge in [-0.1, -0.05) is 17.7 Å². The van der Waals surface area contributed by atoms with Gasteiger partial charge in [0, 0.05) is 23.9 Å². The average molecular weight is 452 g/mol. The smallest absolute Gasteiger partial charge is 0.263 e. The van der Waals surface area contributed by atoms with Gasteiger partial charge in [0.2, 0.25) is 0 Å². The Morgan fingerprint density at radius 2 is 1.67 bits per heavy atom. The monoisotopic (exact) mass is 451 g/mol. The van der Waals surface area contributed by atoms with Gasteiger partial charge >= 0.3 is 0 Å². The molecule has 1 N–H and O–H groups in total. The Morgan fingerprint density at radius 3 is 2.27 bits per heavy atom. The molecule has 0 aliphatic rings. The van der Waals surface area contributed by atoms with Gasteiger partial charge in [-0.25, -0.2) is 17.2 Å². The number of anilines is 1. The van der Waals surface area contributed by atoms with E-state index in [1.165, 1.54) is 37.3 Å². The molecule has 0 aromatic heterocycles. The van der Waals surface area contributed by atoms with Gasteiger partial charge < -0.3 is 4.74 Å². The molecule has 0 amide bonds. The first-order valence-corrected chi connectivity index (χ1v) is 10.5. The van der Waals surface area contributed by atoms with Crippen molar-refractivity contribution < 1.29 is 26.7 Å². The van der Waals surface area contributed by atoms with E-state index in [1.54, 1.807) is 13.0 Å². The molecule has 3 aromatic carbocycles. The minimum Gasteiger partial charge on any atom is -0.456 e. The second-order valence-corrected chi connectivity index (χ2v) is 8.57. The van der Waals surface area contributed by atoms with Crippen LogP contribution in [0.1, 0.15) is 22.8 Å². The summed E-state index contributed by atoms with van der Waals surface area (Å²) in [6.07, 6.45) is 0. The van der Waals surface area contributed by atoms with Crippen LogP contribution in [0, 0.1) is 18.6 Å². The summed E-state index contributed by atoms with van der Waals surface area (Å²) in [5.41, 5.74) is 0.914. The number of sulfonamides is 1. The first-order chi connectivity index (χ1) is 14.0. The van der Waals surface area contributed by atoms with E-state index in [9.17, 15) is 22.0 Å². The predicted octanol–water partition coefficient (Wildman–Crippen LogP) is 5.72. The van der Waals surface area contributed by atoms with Gasteiger partial charge in [-0.15, -0.1) is 0 Å². The molecule has 0 radical (unpaired) electrons. The fourth-order valence-corrected chi connectivity index (χ4v) is 4.36. The highest BCUT2D eigenvalue weighted by Crippen LogP contribution is 2.31. The molecule has 0 bridgehead atoms. The molecule has 3 aromatic rings. The van der Waals surface area contributed by atoms with Crippen LogP contribution in [0.25, 0.3) is 0 Å². The standard InChI is InChI=1S/C21H16ClF2NO4S/c1-12-3-6-21(19(22)7-12)30(27,28)25-16-4-5-20(18(11-16)13(2)26)29-17-9-14(23)8-15(24)10-17/h3-11,25H,1-2H3. The average Bonchev–Trinajstić information content (AvgIpc) is 2.61. The summed E-state index contributed by atoms with van der Waals surface area (Å²) in [5, 5.41) is 0.0578. The van der Waals surface area contributed by atoms with Crippen molar-refractivity contribution in [1.82, 2.24) is 0 Å². The number of hydrogen-bond acceptors (Lipinski definition) is 4. The molecule has 0 aliphatic carbocycles. The minimum atomic E-state index is -4.02. The Kier molecular flexibility index (Phi) is 6.09. The summed E-state index contributed by atoms with van der Waals surface area (Å²) < 4.78 is 59.9. The Balaban J connectivity index is 1.94. The maximum absolute atomic E-state index is 13.4. The van der Waals surface area contributed by atoms with Crippen LogP contribution in [0.4, 0.5) is 14.5 Å². The molecule has 156 valence electrons. The van der Waals surface area contributed by atoms with Crippen LogP contribution in [0.15, 0.2) is 59.5 Å². The Labute approximate surface area is 177 Å². The Morgan fingerprint density at radius 1 is 1.00 bits per heavy atom. The number of aryl methyl sites for hydroxylation is 1. The molecule has 9 heteroatoms. The van der Waals surface area contributed by atoms with Crippen molar-refractivity contribution >= 4 is 33.1 Å². The molecule has 0 fully saturated rings. The maximum Gasteiger partial charge on any atom is 0.263 e. The van der Waals surface area contributed by atoms with E-state index in [1.807, 2.05) is 0 Å². The highest BCUT2D eigenvalue weighted by Gasteiger charge is 2.20. The number of carbonyl (C=O) groups is 1. The maximum atomic E-state index is 13.4. The fourth-order valence-electron chi connectivity index (χ4n) is 2.71. The van der Waals surface area contributed by atoms with E-state index in [0.717, 1.165) is 17.7 Å². The predicted molar refractivity (Wildman–Crippen MR) is 110 cm³/mol. The molecule has 0 unspecified atom stereocenters. The molecule has 0 atom stereocenters. The van der Waals surface area contributed by atoms with E-state index in [-0.39, 0.29) is 32.7 Å². The number of Topliss-reactive ketones (excluding diaryl/α,β-unsaturated/α-hetero) is 1. The topological polar surface area (TPSA) is 72.5 Å². The SMILES string of the molecule is CC(=O)c1cc(NS(=O)(=O)c2ccc(C)cc2Cl)ccc1Oc1cc(F)cc(F)c1. The van der Waals surface area contributed by atoms with Crippen LogP contribution >= 0.6 is 11.6 Å². The third-order valence-electron chi connectivity index (χ3n) is 4.05. The second kappa shape index (κ2) is 8.41. The number of rotatable bonds is 6. The number of nitrogens with one attached hydrogen (secondary N) is 1. The quantitative estimate of drug-likeness (QED) is 0.486. The highest BCUT2D eigenvalue weighted by molar-refractivity contribution is 7.92. The number of ether oxygens (including phenoxy) is 1. The highest BCUT2D eigenvalue weighted by atomic mass is 35.5. The van der Waals surface area contributed by atoms with Gasteiger partial charge in [0.1, 0.15) is 28.0 Å². The molecule has 30 heavy (non-hydrogen) atoms. The summed E-state index contributed by atoms with van der Waals surface area (Å²) in [5.74, 6) is -2.24. The lowest BCUT2D eigenvalue weighted by molar-refractivity contribution is 0.101. The number of ketones is 1. The van der Waals surface area contributed by atoms with Gasteiger partial charge in [-0.2, -0.15) is 0 Å².